The predicted octanol–water partition coefficient (Wildman–Crippen LogP) is 1.49. The molecule has 0 heterocycles. The Bertz CT molecular complexity index is 102. The van der Waals surface area contributed by atoms with Crippen LogP contribution in [0, 0.1) is 0 Å². The van der Waals surface area contributed by atoms with E-state index in [1.165, 1.54) is 6.42 Å². The Labute approximate surface area is 70.2 Å². The van der Waals surface area contributed by atoms with Crippen molar-refractivity contribution in [1.29, 1.82) is 0 Å². The molecule has 0 amide bonds. The molecule has 2 heteroatoms. The lowest BCUT2D eigenvalue weighted by atomic mass is 9.99. The van der Waals surface area contributed by atoms with Crippen LogP contribution in [0.5, 0.6) is 0 Å². The van der Waals surface area contributed by atoms with E-state index in [1.54, 1.807) is 0 Å². The Morgan fingerprint density at radius 1 is 1.36 bits per heavy atom. The van der Waals surface area contributed by atoms with E-state index >= 15 is 0 Å². The van der Waals surface area contributed by atoms with E-state index in [0.717, 1.165) is 13.0 Å². The largest absolute Gasteiger partial charge is 0.396 e. The molecule has 0 saturated carbocycles. The van der Waals surface area contributed by atoms with Crippen molar-refractivity contribution in [2.45, 2.75) is 39.2 Å². The number of hydrogen-bond acceptors (Lipinski definition) is 2. The normalized spacial score (nSPS) is 12.5. The minimum atomic E-state index is 0.144. The Morgan fingerprint density at radius 2 is 1.91 bits per heavy atom. The van der Waals surface area contributed by atoms with Crippen molar-refractivity contribution in [2.24, 2.45) is 0 Å². The SMILES string of the molecule is CCCN(C)C(C)(C)CCO. The molecule has 0 atom stereocenters. The molecule has 0 aromatic rings. The molecule has 0 radical (unpaired) electrons. The van der Waals surface area contributed by atoms with Crippen LogP contribution in [0.3, 0.4) is 0 Å². The summed E-state index contributed by atoms with van der Waals surface area (Å²) in [6.07, 6.45) is 2.02. The van der Waals surface area contributed by atoms with Crippen molar-refractivity contribution in [2.75, 3.05) is 20.2 Å². The zero-order valence-electron chi connectivity index (χ0n) is 8.22. The molecule has 0 fully saturated rings. The first-order chi connectivity index (χ1) is 5.04. The van der Waals surface area contributed by atoms with Gasteiger partial charge in [0.1, 0.15) is 0 Å². The summed E-state index contributed by atoms with van der Waals surface area (Å²) in [4.78, 5) is 2.29. The average Bonchev–Trinajstić information content (AvgIpc) is 1.88. The van der Waals surface area contributed by atoms with E-state index in [1.807, 2.05) is 0 Å². The highest BCUT2D eigenvalue weighted by molar-refractivity contribution is 4.78. The maximum atomic E-state index is 8.79. The van der Waals surface area contributed by atoms with E-state index in [-0.39, 0.29) is 12.1 Å². The van der Waals surface area contributed by atoms with Crippen LogP contribution >= 0.6 is 0 Å². The smallest absolute Gasteiger partial charge is 0.0448 e. The molecule has 2 nitrogen and oxygen atoms in total. The molecule has 0 aliphatic heterocycles. The fraction of sp³-hybridized carbons (Fsp3) is 1.00. The molecule has 1 N–H and O–H groups in total. The van der Waals surface area contributed by atoms with Crippen molar-refractivity contribution >= 4 is 0 Å². The highest BCUT2D eigenvalue weighted by Crippen LogP contribution is 2.16. The number of rotatable bonds is 5. The van der Waals surface area contributed by atoms with Gasteiger partial charge in [-0.05, 0) is 40.3 Å². The first kappa shape index (κ1) is 10.9. The van der Waals surface area contributed by atoms with Crippen molar-refractivity contribution in [3.63, 3.8) is 0 Å². The van der Waals surface area contributed by atoms with Crippen LogP contribution in [-0.4, -0.2) is 35.7 Å². The summed E-state index contributed by atoms with van der Waals surface area (Å²) >= 11 is 0. The summed E-state index contributed by atoms with van der Waals surface area (Å²) in [5.74, 6) is 0. The lowest BCUT2D eigenvalue weighted by Gasteiger charge is -2.35. The molecule has 0 saturated heterocycles. The minimum Gasteiger partial charge on any atom is -0.396 e. The molecule has 0 aromatic heterocycles. The van der Waals surface area contributed by atoms with Gasteiger partial charge in [-0.15, -0.1) is 0 Å². The average molecular weight is 159 g/mol. The van der Waals surface area contributed by atoms with Crippen LogP contribution in [0.2, 0.25) is 0 Å². The predicted molar refractivity (Wildman–Crippen MR) is 48.7 cm³/mol. The zero-order chi connectivity index (χ0) is 8.91. The molecular weight excluding hydrogens is 138 g/mol. The summed E-state index contributed by atoms with van der Waals surface area (Å²) in [6.45, 7) is 7.89. The summed E-state index contributed by atoms with van der Waals surface area (Å²) in [5.41, 5.74) is 0.144. The quantitative estimate of drug-likeness (QED) is 0.657. The van der Waals surface area contributed by atoms with Crippen LogP contribution in [0.15, 0.2) is 0 Å². The zero-order valence-corrected chi connectivity index (χ0v) is 8.22. The van der Waals surface area contributed by atoms with E-state index in [2.05, 4.69) is 32.7 Å². The molecule has 0 aliphatic rings. The van der Waals surface area contributed by atoms with Gasteiger partial charge in [0.25, 0.3) is 0 Å². The number of hydrogen-bond donors (Lipinski definition) is 1. The lowest BCUT2D eigenvalue weighted by molar-refractivity contribution is 0.116. The van der Waals surface area contributed by atoms with Crippen LogP contribution < -0.4 is 0 Å². The van der Waals surface area contributed by atoms with Crippen LogP contribution in [0.1, 0.15) is 33.6 Å². The summed E-state index contributed by atoms with van der Waals surface area (Å²) in [7, 11) is 2.11. The fourth-order valence-electron chi connectivity index (χ4n) is 1.10. The van der Waals surface area contributed by atoms with Gasteiger partial charge in [-0.3, -0.25) is 0 Å². The highest BCUT2D eigenvalue weighted by atomic mass is 16.3. The Morgan fingerprint density at radius 3 is 2.27 bits per heavy atom. The van der Waals surface area contributed by atoms with Gasteiger partial charge in [0, 0.05) is 12.1 Å². The third-order valence-electron chi connectivity index (χ3n) is 2.32. The summed E-state index contributed by atoms with van der Waals surface area (Å²) in [6, 6.07) is 0. The van der Waals surface area contributed by atoms with Crippen LogP contribution in [0.25, 0.3) is 0 Å². The molecule has 0 aromatic carbocycles. The molecule has 0 aliphatic carbocycles. The number of aliphatic hydroxyl groups is 1. The summed E-state index contributed by atoms with van der Waals surface area (Å²) in [5, 5.41) is 8.79. The van der Waals surface area contributed by atoms with Crippen molar-refractivity contribution in [1.82, 2.24) is 4.90 Å². The minimum absolute atomic E-state index is 0.144. The van der Waals surface area contributed by atoms with Crippen molar-refractivity contribution in [3.8, 4) is 0 Å². The number of nitrogens with zero attached hydrogens (tertiary/aromatic N) is 1. The lowest BCUT2D eigenvalue weighted by Crippen LogP contribution is -2.42. The monoisotopic (exact) mass is 159 g/mol. The van der Waals surface area contributed by atoms with Gasteiger partial charge in [-0.25, -0.2) is 0 Å². The maximum Gasteiger partial charge on any atom is 0.0448 e. The molecule has 68 valence electrons. The van der Waals surface area contributed by atoms with Gasteiger partial charge in [0.05, 0.1) is 0 Å². The first-order valence-corrected chi connectivity index (χ1v) is 4.36. The molecule has 11 heavy (non-hydrogen) atoms. The van der Waals surface area contributed by atoms with Crippen LogP contribution in [-0.2, 0) is 0 Å². The first-order valence-electron chi connectivity index (χ1n) is 4.36. The third kappa shape index (κ3) is 3.73. The fourth-order valence-corrected chi connectivity index (χ4v) is 1.10. The molecule has 0 bridgehead atoms. The second-order valence-electron chi connectivity index (χ2n) is 3.71. The topological polar surface area (TPSA) is 23.5 Å². The molecule has 0 unspecified atom stereocenters. The third-order valence-corrected chi connectivity index (χ3v) is 2.32. The van der Waals surface area contributed by atoms with Gasteiger partial charge in [0.2, 0.25) is 0 Å². The number of aliphatic hydroxyl groups excluding tert-OH is 1. The second-order valence-corrected chi connectivity index (χ2v) is 3.71. The van der Waals surface area contributed by atoms with E-state index in [0.29, 0.717) is 0 Å². The maximum absolute atomic E-state index is 8.79. The summed E-state index contributed by atoms with van der Waals surface area (Å²) < 4.78 is 0. The van der Waals surface area contributed by atoms with Gasteiger partial charge in [-0.2, -0.15) is 0 Å². The van der Waals surface area contributed by atoms with E-state index < -0.39 is 0 Å². The molecular formula is C9H21NO. The standard InChI is InChI=1S/C9H21NO/c1-5-7-10(4)9(2,3)6-8-11/h11H,5-8H2,1-4H3. The van der Waals surface area contributed by atoms with E-state index in [4.69, 9.17) is 5.11 Å². The van der Waals surface area contributed by atoms with Crippen molar-refractivity contribution in [3.05, 3.63) is 0 Å². The van der Waals surface area contributed by atoms with Gasteiger partial charge in [-0.1, -0.05) is 6.92 Å². The van der Waals surface area contributed by atoms with E-state index in [9.17, 15) is 0 Å². The Balaban J connectivity index is 3.83. The van der Waals surface area contributed by atoms with Crippen molar-refractivity contribution < 1.29 is 5.11 Å². The van der Waals surface area contributed by atoms with Gasteiger partial charge < -0.3 is 10.0 Å². The highest BCUT2D eigenvalue weighted by Gasteiger charge is 2.21. The molecule has 0 rings (SSSR count). The van der Waals surface area contributed by atoms with Crippen LogP contribution in [0.4, 0.5) is 0 Å². The van der Waals surface area contributed by atoms with Gasteiger partial charge >= 0.3 is 0 Å². The molecule has 0 spiro atoms. The Hall–Kier alpha value is -0.0800. The van der Waals surface area contributed by atoms with Gasteiger partial charge in [0.15, 0.2) is 0 Å². The second kappa shape index (κ2) is 4.73. The Kier molecular flexibility index (Phi) is 4.69.